The van der Waals surface area contributed by atoms with Crippen LogP contribution in [-0.4, -0.2) is 24.1 Å². The molecule has 0 atom stereocenters. The Morgan fingerprint density at radius 2 is 1.61 bits per heavy atom. The highest BCUT2D eigenvalue weighted by molar-refractivity contribution is 5.91. The number of hydrogen-bond acceptors (Lipinski definition) is 5. The molecule has 0 spiro atoms. The van der Waals surface area contributed by atoms with Crippen LogP contribution in [0.4, 0.5) is 14.5 Å². The average Bonchev–Trinajstić information content (AvgIpc) is 2.69. The van der Waals surface area contributed by atoms with Crippen molar-refractivity contribution in [2.45, 2.75) is 6.61 Å². The third kappa shape index (κ3) is 5.94. The summed E-state index contributed by atoms with van der Waals surface area (Å²) in [5, 5.41) is 2.60. The van der Waals surface area contributed by atoms with Gasteiger partial charge in [-0.3, -0.25) is 4.79 Å². The maximum absolute atomic E-state index is 12.1. The van der Waals surface area contributed by atoms with Crippen LogP contribution >= 0.6 is 0 Å². The second-order valence-electron chi connectivity index (χ2n) is 5.48. The van der Waals surface area contributed by atoms with Crippen molar-refractivity contribution in [2.24, 2.45) is 0 Å². The minimum atomic E-state index is -2.89. The van der Waals surface area contributed by atoms with E-state index in [-0.39, 0.29) is 12.4 Å². The fraction of sp³-hybridized carbons (Fsp3) is 0.100. The summed E-state index contributed by atoms with van der Waals surface area (Å²) in [5.41, 5.74) is 0.439. The predicted molar refractivity (Wildman–Crippen MR) is 98.0 cm³/mol. The van der Waals surface area contributed by atoms with Crippen molar-refractivity contribution in [3.05, 3.63) is 72.9 Å². The molecule has 144 valence electrons. The van der Waals surface area contributed by atoms with Crippen molar-refractivity contribution in [2.75, 3.05) is 11.9 Å². The summed E-state index contributed by atoms with van der Waals surface area (Å²) < 4.78 is 39.4. The summed E-state index contributed by atoms with van der Waals surface area (Å²) in [5.74, 6) is 1.17. The summed E-state index contributed by atoms with van der Waals surface area (Å²) in [6.07, 6.45) is 1.63. The lowest BCUT2D eigenvalue weighted by atomic mass is 10.3. The fourth-order valence-corrected chi connectivity index (χ4v) is 2.20. The van der Waals surface area contributed by atoms with Crippen molar-refractivity contribution >= 4 is 11.6 Å². The largest absolute Gasteiger partial charge is 0.484 e. The Morgan fingerprint density at radius 3 is 2.25 bits per heavy atom. The normalized spacial score (nSPS) is 10.4. The molecule has 28 heavy (non-hydrogen) atoms. The number of nitrogens with one attached hydrogen (secondary N) is 1. The molecule has 0 bridgehead atoms. The first-order valence-corrected chi connectivity index (χ1v) is 8.25. The molecule has 0 radical (unpaired) electrons. The zero-order chi connectivity index (χ0) is 19.8. The lowest BCUT2D eigenvalue weighted by molar-refractivity contribution is -0.118. The van der Waals surface area contributed by atoms with E-state index in [0.29, 0.717) is 23.1 Å². The summed E-state index contributed by atoms with van der Waals surface area (Å²) in [6, 6.07) is 17.7. The number of pyridine rings is 1. The quantitative estimate of drug-likeness (QED) is 0.618. The van der Waals surface area contributed by atoms with Crippen LogP contribution in [0.1, 0.15) is 0 Å². The van der Waals surface area contributed by atoms with Gasteiger partial charge >= 0.3 is 6.61 Å². The molecule has 0 aliphatic heterocycles. The molecule has 0 saturated carbocycles. The minimum absolute atomic E-state index is 0.0114. The number of amides is 1. The highest BCUT2D eigenvalue weighted by atomic mass is 19.3. The number of carbonyl (C=O) groups excluding carboxylic acids is 1. The third-order valence-corrected chi connectivity index (χ3v) is 3.42. The molecule has 0 unspecified atom stereocenters. The van der Waals surface area contributed by atoms with Gasteiger partial charge in [0.25, 0.3) is 5.91 Å². The average molecular weight is 386 g/mol. The van der Waals surface area contributed by atoms with E-state index in [0.717, 1.165) is 0 Å². The van der Waals surface area contributed by atoms with E-state index in [4.69, 9.17) is 9.47 Å². The molecule has 1 heterocycles. The number of aromatic nitrogens is 1. The second kappa shape index (κ2) is 9.31. The smallest absolute Gasteiger partial charge is 0.387 e. The Labute approximate surface area is 159 Å². The lowest BCUT2D eigenvalue weighted by Gasteiger charge is -2.09. The van der Waals surface area contributed by atoms with E-state index in [1.807, 2.05) is 6.07 Å². The van der Waals surface area contributed by atoms with Crippen molar-refractivity contribution in [3.8, 4) is 23.1 Å². The monoisotopic (exact) mass is 386 g/mol. The Bertz CT molecular complexity index is 888. The lowest BCUT2D eigenvalue weighted by Crippen LogP contribution is -2.20. The topological polar surface area (TPSA) is 69.7 Å². The highest BCUT2D eigenvalue weighted by Crippen LogP contribution is 2.22. The first-order valence-electron chi connectivity index (χ1n) is 8.25. The van der Waals surface area contributed by atoms with Crippen LogP contribution in [0.5, 0.6) is 23.1 Å². The molecule has 1 amide bonds. The molecule has 3 rings (SSSR count). The van der Waals surface area contributed by atoms with Gasteiger partial charge in [-0.2, -0.15) is 8.78 Å². The third-order valence-electron chi connectivity index (χ3n) is 3.42. The van der Waals surface area contributed by atoms with Gasteiger partial charge in [-0.05, 0) is 54.6 Å². The van der Waals surface area contributed by atoms with Gasteiger partial charge in [0, 0.05) is 18.0 Å². The van der Waals surface area contributed by atoms with Gasteiger partial charge < -0.3 is 19.5 Å². The first-order chi connectivity index (χ1) is 13.6. The van der Waals surface area contributed by atoms with Gasteiger partial charge in [0.1, 0.15) is 17.2 Å². The molecule has 1 N–H and O–H groups in total. The molecular weight excluding hydrogens is 370 g/mol. The molecule has 6 nitrogen and oxygen atoms in total. The van der Waals surface area contributed by atoms with Crippen LogP contribution in [0.2, 0.25) is 0 Å². The van der Waals surface area contributed by atoms with Crippen LogP contribution in [0.3, 0.4) is 0 Å². The zero-order valence-electron chi connectivity index (χ0n) is 14.5. The summed E-state index contributed by atoms with van der Waals surface area (Å²) in [7, 11) is 0. The fourth-order valence-electron chi connectivity index (χ4n) is 2.20. The second-order valence-corrected chi connectivity index (χ2v) is 5.48. The number of anilines is 1. The van der Waals surface area contributed by atoms with Gasteiger partial charge in [0.05, 0.1) is 0 Å². The van der Waals surface area contributed by atoms with Gasteiger partial charge in [0.2, 0.25) is 5.88 Å². The maximum atomic E-state index is 12.1. The number of alkyl halides is 2. The number of ether oxygens (including phenoxy) is 3. The first kappa shape index (κ1) is 19.1. The van der Waals surface area contributed by atoms with Crippen LogP contribution in [0.25, 0.3) is 0 Å². The molecule has 0 aliphatic carbocycles. The van der Waals surface area contributed by atoms with Crippen LogP contribution in [0.15, 0.2) is 72.9 Å². The van der Waals surface area contributed by atoms with E-state index in [1.54, 1.807) is 42.6 Å². The standard InChI is InChI=1S/C20H16F2N2O4/c21-20(22)28-17-6-4-14(5-7-17)24-18(25)13-26-15-8-10-16(11-9-15)27-19-3-1-2-12-23-19/h1-12,20H,13H2,(H,24,25). The molecule has 3 aromatic rings. The zero-order valence-corrected chi connectivity index (χ0v) is 14.5. The number of benzene rings is 2. The Balaban J connectivity index is 1.46. The molecule has 0 fully saturated rings. The number of nitrogens with zero attached hydrogens (tertiary/aromatic N) is 1. The Morgan fingerprint density at radius 1 is 0.929 bits per heavy atom. The maximum Gasteiger partial charge on any atom is 0.387 e. The number of rotatable bonds is 8. The van der Waals surface area contributed by atoms with Crippen molar-refractivity contribution < 1.29 is 27.8 Å². The Hall–Kier alpha value is -3.68. The summed E-state index contributed by atoms with van der Waals surface area (Å²) in [6.45, 7) is -3.11. The molecule has 2 aromatic carbocycles. The van der Waals surface area contributed by atoms with Crippen molar-refractivity contribution in [1.29, 1.82) is 0 Å². The Kier molecular flexibility index (Phi) is 6.35. The number of hydrogen-bond donors (Lipinski definition) is 1. The van der Waals surface area contributed by atoms with E-state index in [2.05, 4.69) is 15.0 Å². The minimum Gasteiger partial charge on any atom is -0.484 e. The molecule has 0 saturated heterocycles. The van der Waals surface area contributed by atoms with E-state index < -0.39 is 12.5 Å². The summed E-state index contributed by atoms with van der Waals surface area (Å²) in [4.78, 5) is 16.0. The van der Waals surface area contributed by atoms with Crippen molar-refractivity contribution in [3.63, 3.8) is 0 Å². The van der Waals surface area contributed by atoms with Gasteiger partial charge in [-0.15, -0.1) is 0 Å². The van der Waals surface area contributed by atoms with Crippen molar-refractivity contribution in [1.82, 2.24) is 4.98 Å². The van der Waals surface area contributed by atoms with Gasteiger partial charge in [-0.25, -0.2) is 4.98 Å². The van der Waals surface area contributed by atoms with Crippen LogP contribution in [0, 0.1) is 0 Å². The molecule has 0 aliphatic rings. The SMILES string of the molecule is O=C(COc1ccc(Oc2ccccn2)cc1)Nc1ccc(OC(F)F)cc1. The number of halogens is 2. The number of carbonyl (C=O) groups is 1. The van der Waals surface area contributed by atoms with Gasteiger partial charge in [-0.1, -0.05) is 6.07 Å². The van der Waals surface area contributed by atoms with E-state index in [1.165, 1.54) is 24.3 Å². The van der Waals surface area contributed by atoms with Gasteiger partial charge in [0.15, 0.2) is 6.61 Å². The molecule has 8 heteroatoms. The molecular formula is C20H16F2N2O4. The summed E-state index contributed by atoms with van der Waals surface area (Å²) >= 11 is 0. The van der Waals surface area contributed by atoms with E-state index >= 15 is 0 Å². The molecule has 1 aromatic heterocycles. The van der Waals surface area contributed by atoms with Crippen LogP contribution in [-0.2, 0) is 4.79 Å². The predicted octanol–water partition coefficient (Wildman–Crippen LogP) is 4.49. The van der Waals surface area contributed by atoms with E-state index in [9.17, 15) is 13.6 Å². The highest BCUT2D eigenvalue weighted by Gasteiger charge is 2.07. The van der Waals surface area contributed by atoms with Crippen LogP contribution < -0.4 is 19.5 Å².